The van der Waals surface area contributed by atoms with E-state index in [1.54, 1.807) is 7.11 Å². The van der Waals surface area contributed by atoms with Gasteiger partial charge in [0.25, 0.3) is 0 Å². The van der Waals surface area contributed by atoms with E-state index >= 15 is 0 Å². The van der Waals surface area contributed by atoms with Crippen LogP contribution in [0.25, 0.3) is 10.8 Å². The van der Waals surface area contributed by atoms with E-state index in [2.05, 4.69) is 41.7 Å². The second kappa shape index (κ2) is 9.10. The van der Waals surface area contributed by atoms with Crippen LogP contribution < -0.4 is 14.8 Å². The normalized spacial score (nSPS) is 10.8. The molecule has 0 saturated carbocycles. The molecule has 0 saturated heterocycles. The Balaban J connectivity index is 1.46. The van der Waals surface area contributed by atoms with E-state index in [1.807, 2.05) is 49.4 Å². The summed E-state index contributed by atoms with van der Waals surface area (Å²) in [5.41, 5.74) is 4.30. The van der Waals surface area contributed by atoms with Crippen molar-refractivity contribution >= 4 is 28.1 Å². The lowest BCUT2D eigenvalue weighted by Gasteiger charge is -2.14. The lowest BCUT2D eigenvalue weighted by Crippen LogP contribution is -2.02. The van der Waals surface area contributed by atoms with Crippen LogP contribution in [0.5, 0.6) is 11.5 Å². The molecule has 0 heterocycles. The number of rotatable bonds is 7. The Bertz CT molecular complexity index is 1170. The molecular weight excluding hydrogens is 394 g/mol. The molecule has 30 heavy (non-hydrogen) atoms. The summed E-state index contributed by atoms with van der Waals surface area (Å²) in [5, 5.41) is 6.57. The van der Waals surface area contributed by atoms with Gasteiger partial charge in [-0.1, -0.05) is 66.2 Å². The molecule has 0 bridgehead atoms. The molecule has 3 nitrogen and oxygen atoms in total. The van der Waals surface area contributed by atoms with E-state index in [0.717, 1.165) is 38.9 Å². The molecule has 1 N–H and O–H groups in total. The average Bonchev–Trinajstić information content (AvgIpc) is 2.78. The number of anilines is 1. The number of methoxy groups -OCH3 is 1. The van der Waals surface area contributed by atoms with Crippen LogP contribution in [-0.4, -0.2) is 7.11 Å². The number of hydrogen-bond donors (Lipinski definition) is 1. The fourth-order valence-corrected chi connectivity index (χ4v) is 3.60. The number of aryl methyl sites for hydroxylation is 1. The second-order valence-electron chi connectivity index (χ2n) is 7.23. The molecule has 0 unspecified atom stereocenters. The fourth-order valence-electron chi connectivity index (χ4n) is 3.42. The highest BCUT2D eigenvalue weighted by molar-refractivity contribution is 6.31. The van der Waals surface area contributed by atoms with E-state index in [4.69, 9.17) is 21.1 Å². The maximum absolute atomic E-state index is 6.21. The van der Waals surface area contributed by atoms with Gasteiger partial charge in [-0.3, -0.25) is 0 Å². The zero-order chi connectivity index (χ0) is 20.9. The van der Waals surface area contributed by atoms with Crippen molar-refractivity contribution in [2.45, 2.75) is 20.1 Å². The predicted octanol–water partition coefficient (Wildman–Crippen LogP) is 7.00. The average molecular weight is 418 g/mol. The highest BCUT2D eigenvalue weighted by Crippen LogP contribution is 2.30. The molecule has 0 aromatic heterocycles. The quantitative estimate of drug-likeness (QED) is 0.351. The van der Waals surface area contributed by atoms with E-state index in [-0.39, 0.29) is 0 Å². The molecule has 4 aromatic carbocycles. The van der Waals surface area contributed by atoms with E-state index < -0.39 is 0 Å². The summed E-state index contributed by atoms with van der Waals surface area (Å²) in [7, 11) is 1.66. The number of benzene rings is 4. The fraction of sp³-hybridized carbons (Fsp3) is 0.154. The SMILES string of the molecule is COc1cc(CNc2ccc(C)c(Cl)c2)ccc1OCc1cccc2ccccc12. The topological polar surface area (TPSA) is 30.5 Å². The first-order valence-corrected chi connectivity index (χ1v) is 10.3. The molecular formula is C26H24ClNO2. The van der Waals surface area contributed by atoms with Crippen LogP contribution in [0.15, 0.2) is 78.9 Å². The van der Waals surface area contributed by atoms with Gasteiger partial charge >= 0.3 is 0 Å². The number of hydrogen-bond acceptors (Lipinski definition) is 3. The molecule has 0 amide bonds. The van der Waals surface area contributed by atoms with Crippen molar-refractivity contribution in [1.82, 2.24) is 0 Å². The molecule has 4 rings (SSSR count). The lowest BCUT2D eigenvalue weighted by molar-refractivity contribution is 0.285. The second-order valence-corrected chi connectivity index (χ2v) is 7.64. The summed E-state index contributed by atoms with van der Waals surface area (Å²) in [6, 6.07) is 26.6. The first kappa shape index (κ1) is 20.1. The van der Waals surface area contributed by atoms with Crippen molar-refractivity contribution in [3.8, 4) is 11.5 Å². The number of fused-ring (bicyclic) bond motifs is 1. The van der Waals surface area contributed by atoms with Gasteiger partial charge in [-0.25, -0.2) is 0 Å². The van der Waals surface area contributed by atoms with Crippen molar-refractivity contribution in [2.75, 3.05) is 12.4 Å². The van der Waals surface area contributed by atoms with Gasteiger partial charge in [0, 0.05) is 17.3 Å². The van der Waals surface area contributed by atoms with E-state index in [1.165, 1.54) is 10.8 Å². The van der Waals surface area contributed by atoms with E-state index in [9.17, 15) is 0 Å². The smallest absolute Gasteiger partial charge is 0.161 e. The van der Waals surface area contributed by atoms with Gasteiger partial charge in [-0.2, -0.15) is 0 Å². The van der Waals surface area contributed by atoms with Crippen LogP contribution in [0.1, 0.15) is 16.7 Å². The highest BCUT2D eigenvalue weighted by atomic mass is 35.5. The number of halogens is 1. The van der Waals surface area contributed by atoms with Crippen molar-refractivity contribution in [1.29, 1.82) is 0 Å². The van der Waals surface area contributed by atoms with Gasteiger partial charge < -0.3 is 14.8 Å². The molecule has 0 aliphatic carbocycles. The monoisotopic (exact) mass is 417 g/mol. The first-order chi connectivity index (χ1) is 14.6. The maximum Gasteiger partial charge on any atom is 0.161 e. The Morgan fingerprint density at radius 2 is 1.70 bits per heavy atom. The van der Waals surface area contributed by atoms with Gasteiger partial charge in [0.05, 0.1) is 7.11 Å². The molecule has 0 spiro atoms. The number of nitrogens with one attached hydrogen (secondary N) is 1. The summed E-state index contributed by atoms with van der Waals surface area (Å²) >= 11 is 6.21. The Morgan fingerprint density at radius 1 is 0.867 bits per heavy atom. The molecule has 0 aliphatic heterocycles. The molecule has 0 radical (unpaired) electrons. The van der Waals surface area contributed by atoms with Crippen LogP contribution >= 0.6 is 11.6 Å². The minimum Gasteiger partial charge on any atom is -0.493 e. The summed E-state index contributed by atoms with van der Waals surface area (Å²) in [5.74, 6) is 1.45. The van der Waals surface area contributed by atoms with Crippen molar-refractivity contribution in [3.63, 3.8) is 0 Å². The van der Waals surface area contributed by atoms with Crippen LogP contribution in [0.2, 0.25) is 5.02 Å². The molecule has 4 aromatic rings. The standard InChI is InChI=1S/C26H24ClNO2/c1-18-10-12-22(15-24(18)27)28-16-19-11-13-25(26(14-19)29-2)30-17-21-8-5-7-20-6-3-4-9-23(20)21/h3-15,28H,16-17H2,1-2H3. The zero-order valence-electron chi connectivity index (χ0n) is 17.1. The van der Waals surface area contributed by atoms with Gasteiger partial charge in [0.1, 0.15) is 6.61 Å². The highest BCUT2D eigenvalue weighted by Gasteiger charge is 2.08. The molecule has 4 heteroatoms. The summed E-state index contributed by atoms with van der Waals surface area (Å²) in [4.78, 5) is 0. The predicted molar refractivity (Wildman–Crippen MR) is 125 cm³/mol. The summed E-state index contributed by atoms with van der Waals surface area (Å²) < 4.78 is 11.7. The Hall–Kier alpha value is -3.17. The minimum atomic E-state index is 0.483. The van der Waals surface area contributed by atoms with Gasteiger partial charge in [0.2, 0.25) is 0 Å². The van der Waals surface area contributed by atoms with Crippen molar-refractivity contribution < 1.29 is 9.47 Å². The zero-order valence-corrected chi connectivity index (χ0v) is 17.9. The maximum atomic E-state index is 6.21. The molecule has 0 atom stereocenters. The van der Waals surface area contributed by atoms with Crippen LogP contribution in [-0.2, 0) is 13.2 Å². The molecule has 152 valence electrons. The third kappa shape index (κ3) is 4.52. The molecule has 0 aliphatic rings. The molecule has 0 fully saturated rings. The van der Waals surface area contributed by atoms with Crippen LogP contribution in [0, 0.1) is 6.92 Å². The van der Waals surface area contributed by atoms with E-state index in [0.29, 0.717) is 13.2 Å². The third-order valence-corrected chi connectivity index (χ3v) is 5.57. The third-order valence-electron chi connectivity index (χ3n) is 5.16. The lowest BCUT2D eigenvalue weighted by atomic mass is 10.1. The Labute approximate surface area is 182 Å². The Morgan fingerprint density at radius 3 is 2.53 bits per heavy atom. The largest absolute Gasteiger partial charge is 0.493 e. The van der Waals surface area contributed by atoms with Crippen molar-refractivity contribution in [2.24, 2.45) is 0 Å². The van der Waals surface area contributed by atoms with Crippen LogP contribution in [0.3, 0.4) is 0 Å². The minimum absolute atomic E-state index is 0.483. The van der Waals surface area contributed by atoms with Gasteiger partial charge in [0.15, 0.2) is 11.5 Å². The van der Waals surface area contributed by atoms with Crippen molar-refractivity contribution in [3.05, 3.63) is 101 Å². The summed E-state index contributed by atoms with van der Waals surface area (Å²) in [6.45, 7) is 3.14. The number of ether oxygens (including phenoxy) is 2. The summed E-state index contributed by atoms with van der Waals surface area (Å²) in [6.07, 6.45) is 0. The van der Waals surface area contributed by atoms with Gasteiger partial charge in [-0.15, -0.1) is 0 Å². The van der Waals surface area contributed by atoms with Gasteiger partial charge in [-0.05, 0) is 58.7 Å². The van der Waals surface area contributed by atoms with Crippen LogP contribution in [0.4, 0.5) is 5.69 Å². The Kier molecular flexibility index (Phi) is 6.10. The first-order valence-electron chi connectivity index (χ1n) is 9.90.